The number of halogens is 2. The maximum Gasteiger partial charge on any atom is 0.251 e. The van der Waals surface area contributed by atoms with Crippen LogP contribution in [0.15, 0.2) is 42.7 Å². The van der Waals surface area contributed by atoms with Crippen molar-refractivity contribution in [3.05, 3.63) is 48.3 Å². The summed E-state index contributed by atoms with van der Waals surface area (Å²) in [6, 6.07) is 9.36. The molecule has 1 saturated heterocycles. The van der Waals surface area contributed by atoms with Crippen molar-refractivity contribution >= 4 is 23.1 Å². The first-order valence-corrected chi connectivity index (χ1v) is 11.6. The van der Waals surface area contributed by atoms with Gasteiger partial charge >= 0.3 is 0 Å². The Balaban J connectivity index is 1.37. The second kappa shape index (κ2) is 8.92. The molecule has 1 atom stereocenters. The van der Waals surface area contributed by atoms with Gasteiger partial charge in [0.05, 0.1) is 25.1 Å². The quantitative estimate of drug-likeness (QED) is 0.481. The number of alkyl halides is 2. The van der Waals surface area contributed by atoms with E-state index in [0.29, 0.717) is 42.7 Å². The van der Waals surface area contributed by atoms with E-state index in [9.17, 15) is 13.9 Å². The van der Waals surface area contributed by atoms with E-state index in [-0.39, 0.29) is 19.4 Å². The predicted molar refractivity (Wildman–Crippen MR) is 131 cm³/mol. The Morgan fingerprint density at radius 1 is 1.17 bits per heavy atom. The molecule has 0 aliphatic carbocycles. The van der Waals surface area contributed by atoms with E-state index >= 15 is 0 Å². The van der Waals surface area contributed by atoms with Crippen molar-refractivity contribution in [2.24, 2.45) is 0 Å². The van der Waals surface area contributed by atoms with Gasteiger partial charge in [-0.05, 0) is 24.3 Å². The fourth-order valence-corrected chi connectivity index (χ4v) is 4.49. The third kappa shape index (κ3) is 4.58. The van der Waals surface area contributed by atoms with E-state index in [1.165, 1.54) is 0 Å². The number of rotatable bonds is 6. The van der Waals surface area contributed by atoms with Crippen LogP contribution in [-0.4, -0.2) is 59.3 Å². The van der Waals surface area contributed by atoms with E-state index in [4.69, 9.17) is 4.74 Å². The topological polar surface area (TPSA) is 95.4 Å². The van der Waals surface area contributed by atoms with E-state index in [2.05, 4.69) is 25.6 Å². The molecule has 8 nitrogen and oxygen atoms in total. The van der Waals surface area contributed by atoms with Crippen LogP contribution in [-0.2, 0) is 5.41 Å². The largest absolute Gasteiger partial charge is 0.494 e. The minimum absolute atomic E-state index is 0.0182. The monoisotopic (exact) mass is 482 g/mol. The van der Waals surface area contributed by atoms with Crippen molar-refractivity contribution in [2.75, 3.05) is 48.9 Å². The SMILES string of the molecule is COc1cc(N2CCC(F)(F)CC2)ccc1Nc1nccc(-c2cnc3c(c2)C(C)(CO)CN3)n1. The highest BCUT2D eigenvalue weighted by molar-refractivity contribution is 5.70. The van der Waals surface area contributed by atoms with Gasteiger partial charge in [0, 0.05) is 73.2 Å². The number of aromatic nitrogens is 3. The third-order valence-corrected chi connectivity index (χ3v) is 6.78. The molecule has 3 N–H and O–H groups in total. The van der Waals surface area contributed by atoms with E-state index in [0.717, 1.165) is 22.6 Å². The van der Waals surface area contributed by atoms with Crippen molar-refractivity contribution in [3.8, 4) is 17.0 Å². The number of methoxy groups -OCH3 is 1. The predicted octanol–water partition coefficient (Wildman–Crippen LogP) is 4.20. The number of nitrogens with one attached hydrogen (secondary N) is 2. The first-order valence-electron chi connectivity index (χ1n) is 11.6. The standard InChI is InChI=1S/C25H28F2N6O2/c1-24(15-34)14-30-22-18(24)11-16(13-29-22)19-5-8-28-23(31-19)32-20-4-3-17(12-21(20)35-2)33-9-6-25(26,27)7-10-33/h3-5,8,11-13,34H,6-7,9-10,14-15H2,1-2H3,(H,29,30)(H,28,31,32). The number of fused-ring (bicyclic) bond motifs is 1. The molecular weight excluding hydrogens is 454 g/mol. The average molecular weight is 483 g/mol. The number of anilines is 4. The number of aliphatic hydroxyl groups excluding tert-OH is 1. The van der Waals surface area contributed by atoms with Gasteiger partial charge in [-0.25, -0.2) is 23.7 Å². The van der Waals surface area contributed by atoms with Gasteiger partial charge in [0.2, 0.25) is 5.95 Å². The van der Waals surface area contributed by atoms with Gasteiger partial charge in [0.25, 0.3) is 5.92 Å². The molecule has 2 aliphatic rings. The van der Waals surface area contributed by atoms with Crippen LogP contribution in [0, 0.1) is 0 Å². The number of aliphatic hydroxyl groups is 1. The summed E-state index contributed by atoms with van der Waals surface area (Å²) in [5, 5.41) is 16.3. The molecule has 35 heavy (non-hydrogen) atoms. The van der Waals surface area contributed by atoms with E-state index < -0.39 is 11.3 Å². The van der Waals surface area contributed by atoms with Crippen LogP contribution in [0.3, 0.4) is 0 Å². The summed E-state index contributed by atoms with van der Waals surface area (Å²) >= 11 is 0. The molecule has 1 aromatic carbocycles. The molecular formula is C25H28F2N6O2. The number of nitrogens with zero attached hydrogens (tertiary/aromatic N) is 4. The zero-order valence-corrected chi connectivity index (χ0v) is 19.7. The van der Waals surface area contributed by atoms with Gasteiger partial charge in [-0.3, -0.25) is 0 Å². The van der Waals surface area contributed by atoms with Crippen molar-refractivity contribution in [1.29, 1.82) is 0 Å². The first-order chi connectivity index (χ1) is 16.8. The smallest absolute Gasteiger partial charge is 0.251 e. The highest BCUT2D eigenvalue weighted by Gasteiger charge is 2.35. The number of hydrogen-bond donors (Lipinski definition) is 3. The second-order valence-electron chi connectivity index (χ2n) is 9.31. The Labute approximate surface area is 202 Å². The van der Waals surface area contributed by atoms with Gasteiger partial charge in [0.15, 0.2) is 0 Å². The molecule has 1 unspecified atom stereocenters. The van der Waals surface area contributed by atoms with Crippen LogP contribution in [0.4, 0.5) is 31.9 Å². The van der Waals surface area contributed by atoms with Gasteiger partial charge in [0.1, 0.15) is 11.6 Å². The van der Waals surface area contributed by atoms with Gasteiger partial charge in [-0.2, -0.15) is 0 Å². The normalized spacial score (nSPS) is 20.8. The van der Waals surface area contributed by atoms with Gasteiger partial charge in [-0.15, -0.1) is 0 Å². The second-order valence-corrected chi connectivity index (χ2v) is 9.31. The molecule has 3 aromatic rings. The molecule has 0 amide bonds. The minimum Gasteiger partial charge on any atom is -0.494 e. The summed E-state index contributed by atoms with van der Waals surface area (Å²) in [6.07, 6.45) is 3.11. The van der Waals surface area contributed by atoms with Crippen molar-refractivity contribution in [2.45, 2.75) is 31.1 Å². The van der Waals surface area contributed by atoms with Gasteiger partial charge in [-0.1, -0.05) is 6.92 Å². The minimum atomic E-state index is -2.59. The summed E-state index contributed by atoms with van der Waals surface area (Å²) in [4.78, 5) is 15.4. The molecule has 1 fully saturated rings. The molecule has 10 heteroatoms. The van der Waals surface area contributed by atoms with Crippen LogP contribution in [0.2, 0.25) is 0 Å². The maximum absolute atomic E-state index is 13.5. The molecule has 2 aromatic heterocycles. The Kier molecular flexibility index (Phi) is 5.92. The van der Waals surface area contributed by atoms with Crippen LogP contribution < -0.4 is 20.3 Å². The Hall–Kier alpha value is -3.53. The third-order valence-electron chi connectivity index (χ3n) is 6.78. The zero-order valence-electron chi connectivity index (χ0n) is 19.7. The summed E-state index contributed by atoms with van der Waals surface area (Å²) in [5.74, 6) is -0.862. The van der Waals surface area contributed by atoms with Crippen molar-refractivity contribution in [3.63, 3.8) is 0 Å². The summed E-state index contributed by atoms with van der Waals surface area (Å²) < 4.78 is 32.6. The van der Waals surface area contributed by atoms with E-state index in [1.807, 2.05) is 36.1 Å². The van der Waals surface area contributed by atoms with Crippen LogP contribution in [0.5, 0.6) is 5.75 Å². The number of hydrogen-bond acceptors (Lipinski definition) is 8. The molecule has 0 bridgehead atoms. The maximum atomic E-state index is 13.5. The fourth-order valence-electron chi connectivity index (χ4n) is 4.49. The van der Waals surface area contributed by atoms with Crippen molar-refractivity contribution in [1.82, 2.24) is 15.0 Å². The van der Waals surface area contributed by atoms with E-state index in [1.54, 1.807) is 25.6 Å². The molecule has 5 rings (SSSR count). The zero-order chi connectivity index (χ0) is 24.6. The molecule has 4 heterocycles. The lowest BCUT2D eigenvalue weighted by Crippen LogP contribution is -2.39. The Morgan fingerprint density at radius 2 is 1.97 bits per heavy atom. The summed E-state index contributed by atoms with van der Waals surface area (Å²) in [7, 11) is 1.56. The molecule has 184 valence electrons. The number of benzene rings is 1. The lowest BCUT2D eigenvalue weighted by atomic mass is 9.85. The highest BCUT2D eigenvalue weighted by Crippen LogP contribution is 2.38. The Morgan fingerprint density at radius 3 is 2.71 bits per heavy atom. The average Bonchev–Trinajstić information content (AvgIpc) is 3.21. The van der Waals surface area contributed by atoms with Crippen molar-refractivity contribution < 1.29 is 18.6 Å². The highest BCUT2D eigenvalue weighted by atomic mass is 19.3. The summed E-state index contributed by atoms with van der Waals surface area (Å²) in [6.45, 7) is 3.24. The lowest BCUT2D eigenvalue weighted by Gasteiger charge is -2.33. The molecule has 2 aliphatic heterocycles. The summed E-state index contributed by atoms with van der Waals surface area (Å²) in [5.41, 5.74) is 3.57. The first kappa shape index (κ1) is 23.2. The van der Waals surface area contributed by atoms with Crippen LogP contribution >= 0.6 is 0 Å². The van der Waals surface area contributed by atoms with Gasteiger partial charge < -0.3 is 25.4 Å². The number of pyridine rings is 1. The lowest BCUT2D eigenvalue weighted by molar-refractivity contribution is -0.0220. The molecule has 0 spiro atoms. The fraction of sp³-hybridized carbons (Fsp3) is 0.400. The molecule has 0 radical (unpaired) electrons. The Bertz CT molecular complexity index is 1230. The number of piperidine rings is 1. The molecule has 0 saturated carbocycles. The number of ether oxygens (including phenoxy) is 1. The van der Waals surface area contributed by atoms with Crippen LogP contribution in [0.1, 0.15) is 25.3 Å². The van der Waals surface area contributed by atoms with Crippen LogP contribution in [0.25, 0.3) is 11.3 Å².